The van der Waals surface area contributed by atoms with Crippen molar-refractivity contribution < 1.29 is 9.90 Å². The number of hydrogen-bond donors (Lipinski definition) is 1. The number of carboxylic acids is 1. The maximum atomic E-state index is 11.1. The number of hydrogen-bond acceptors (Lipinski definition) is 4. The van der Waals surface area contributed by atoms with Gasteiger partial charge in [0.05, 0.1) is 5.92 Å². The number of carboxylic acid groups (broad SMARTS) is 1. The first-order chi connectivity index (χ1) is 9.67. The van der Waals surface area contributed by atoms with Gasteiger partial charge in [-0.05, 0) is 31.8 Å². The minimum Gasteiger partial charge on any atom is -0.481 e. The summed E-state index contributed by atoms with van der Waals surface area (Å²) in [5.74, 6) is 1.56. The second-order valence-corrected chi connectivity index (χ2v) is 5.96. The Balaban J connectivity index is 1.67. The van der Waals surface area contributed by atoms with E-state index in [2.05, 4.69) is 26.6 Å². The molecule has 1 N–H and O–H groups in total. The Hall–Kier alpha value is -1.43. The lowest BCUT2D eigenvalue weighted by Gasteiger charge is -2.21. The minimum atomic E-state index is -0.713. The van der Waals surface area contributed by atoms with Gasteiger partial charge in [0.2, 0.25) is 0 Å². The molecule has 0 spiro atoms. The van der Waals surface area contributed by atoms with E-state index in [9.17, 15) is 4.79 Å². The SMILES string of the molecule is CCN1CCC(Cc2nnc3n2CCC(C(=O)O)C3)C1. The average molecular weight is 278 g/mol. The number of aromatic nitrogens is 3. The lowest BCUT2D eigenvalue weighted by Crippen LogP contribution is -2.27. The van der Waals surface area contributed by atoms with Crippen LogP contribution >= 0.6 is 0 Å². The first kappa shape index (κ1) is 13.5. The number of rotatable bonds is 4. The lowest BCUT2D eigenvalue weighted by molar-refractivity contribution is -0.142. The predicted octanol–water partition coefficient (Wildman–Crippen LogP) is 0.809. The average Bonchev–Trinajstić information content (AvgIpc) is 3.06. The molecule has 1 aromatic heterocycles. The van der Waals surface area contributed by atoms with Crippen molar-refractivity contribution >= 4 is 5.97 Å². The highest BCUT2D eigenvalue weighted by Gasteiger charge is 2.29. The second kappa shape index (κ2) is 5.52. The number of likely N-dealkylation sites (tertiary alicyclic amines) is 1. The van der Waals surface area contributed by atoms with Crippen LogP contribution in [0.5, 0.6) is 0 Å². The third-order valence-electron chi connectivity index (χ3n) is 4.67. The summed E-state index contributed by atoms with van der Waals surface area (Å²) < 4.78 is 2.15. The van der Waals surface area contributed by atoms with Crippen molar-refractivity contribution in [1.82, 2.24) is 19.7 Å². The number of nitrogens with zero attached hydrogens (tertiary/aromatic N) is 4. The maximum Gasteiger partial charge on any atom is 0.307 e. The summed E-state index contributed by atoms with van der Waals surface area (Å²) in [5, 5.41) is 17.6. The summed E-state index contributed by atoms with van der Waals surface area (Å²) in [4.78, 5) is 13.5. The third kappa shape index (κ3) is 2.57. The van der Waals surface area contributed by atoms with Crippen molar-refractivity contribution in [3.05, 3.63) is 11.6 Å². The Morgan fingerprint density at radius 3 is 2.90 bits per heavy atom. The molecule has 0 amide bonds. The van der Waals surface area contributed by atoms with Crippen LogP contribution in [-0.4, -0.2) is 50.4 Å². The van der Waals surface area contributed by atoms with Crippen molar-refractivity contribution in [2.45, 2.75) is 39.2 Å². The highest BCUT2D eigenvalue weighted by molar-refractivity contribution is 5.70. The quantitative estimate of drug-likeness (QED) is 0.882. The van der Waals surface area contributed by atoms with Crippen LogP contribution in [0.15, 0.2) is 0 Å². The molecule has 3 rings (SSSR count). The molecule has 6 heteroatoms. The van der Waals surface area contributed by atoms with E-state index in [1.807, 2.05) is 0 Å². The van der Waals surface area contributed by atoms with Gasteiger partial charge in [0.15, 0.2) is 0 Å². The van der Waals surface area contributed by atoms with Gasteiger partial charge in [-0.2, -0.15) is 0 Å². The van der Waals surface area contributed by atoms with E-state index in [4.69, 9.17) is 5.11 Å². The molecule has 0 saturated carbocycles. The molecule has 2 unspecified atom stereocenters. The van der Waals surface area contributed by atoms with Gasteiger partial charge in [0.1, 0.15) is 11.6 Å². The van der Waals surface area contributed by atoms with Gasteiger partial charge in [0.25, 0.3) is 0 Å². The lowest BCUT2D eigenvalue weighted by atomic mass is 9.97. The van der Waals surface area contributed by atoms with Crippen LogP contribution in [0.4, 0.5) is 0 Å². The van der Waals surface area contributed by atoms with Crippen LogP contribution in [0.3, 0.4) is 0 Å². The molecular formula is C14H22N4O2. The fourth-order valence-electron chi connectivity index (χ4n) is 3.38. The monoisotopic (exact) mass is 278 g/mol. The summed E-state index contributed by atoms with van der Waals surface area (Å²) in [6, 6.07) is 0. The van der Waals surface area contributed by atoms with Crippen LogP contribution in [-0.2, 0) is 24.2 Å². The minimum absolute atomic E-state index is 0.290. The van der Waals surface area contributed by atoms with Gasteiger partial charge in [-0.15, -0.1) is 10.2 Å². The fourth-order valence-corrected chi connectivity index (χ4v) is 3.38. The third-order valence-corrected chi connectivity index (χ3v) is 4.67. The van der Waals surface area contributed by atoms with Crippen molar-refractivity contribution in [3.8, 4) is 0 Å². The largest absolute Gasteiger partial charge is 0.481 e. The van der Waals surface area contributed by atoms with Gasteiger partial charge in [-0.25, -0.2) is 0 Å². The zero-order valence-electron chi connectivity index (χ0n) is 12.0. The molecule has 2 atom stereocenters. The zero-order chi connectivity index (χ0) is 14.1. The van der Waals surface area contributed by atoms with Gasteiger partial charge in [-0.3, -0.25) is 4.79 Å². The topological polar surface area (TPSA) is 71.2 Å². The van der Waals surface area contributed by atoms with Crippen LogP contribution < -0.4 is 0 Å². The molecule has 3 heterocycles. The summed E-state index contributed by atoms with van der Waals surface area (Å²) in [7, 11) is 0. The first-order valence-electron chi connectivity index (χ1n) is 7.53. The fraction of sp³-hybridized carbons (Fsp3) is 0.786. The normalized spacial score (nSPS) is 26.6. The summed E-state index contributed by atoms with van der Waals surface area (Å²) in [5.41, 5.74) is 0. The highest BCUT2D eigenvalue weighted by atomic mass is 16.4. The number of carbonyl (C=O) groups is 1. The smallest absolute Gasteiger partial charge is 0.307 e. The van der Waals surface area contributed by atoms with Gasteiger partial charge < -0.3 is 14.6 Å². The van der Waals surface area contributed by atoms with E-state index >= 15 is 0 Å². The molecule has 6 nitrogen and oxygen atoms in total. The molecule has 1 saturated heterocycles. The Labute approximate surface area is 118 Å². The van der Waals surface area contributed by atoms with Crippen molar-refractivity contribution in [1.29, 1.82) is 0 Å². The van der Waals surface area contributed by atoms with E-state index in [1.165, 1.54) is 13.0 Å². The Morgan fingerprint density at radius 1 is 1.35 bits per heavy atom. The maximum absolute atomic E-state index is 11.1. The van der Waals surface area contributed by atoms with Crippen LogP contribution in [0.25, 0.3) is 0 Å². The van der Waals surface area contributed by atoms with Crippen molar-refractivity contribution in [3.63, 3.8) is 0 Å². The van der Waals surface area contributed by atoms with Gasteiger partial charge in [-0.1, -0.05) is 6.92 Å². The Bertz CT molecular complexity index is 499. The van der Waals surface area contributed by atoms with Crippen molar-refractivity contribution in [2.24, 2.45) is 11.8 Å². The number of aliphatic carboxylic acids is 1. The molecule has 1 fully saturated rings. The molecule has 2 aliphatic rings. The van der Waals surface area contributed by atoms with E-state index in [0.717, 1.165) is 37.7 Å². The van der Waals surface area contributed by atoms with Crippen LogP contribution in [0.1, 0.15) is 31.4 Å². The molecule has 1 aromatic rings. The Kier molecular flexibility index (Phi) is 3.74. The molecule has 0 aliphatic carbocycles. The van der Waals surface area contributed by atoms with Gasteiger partial charge in [0, 0.05) is 25.9 Å². The highest BCUT2D eigenvalue weighted by Crippen LogP contribution is 2.24. The summed E-state index contributed by atoms with van der Waals surface area (Å²) >= 11 is 0. The molecule has 110 valence electrons. The molecule has 2 aliphatic heterocycles. The second-order valence-electron chi connectivity index (χ2n) is 5.96. The van der Waals surface area contributed by atoms with E-state index in [-0.39, 0.29) is 5.92 Å². The first-order valence-corrected chi connectivity index (χ1v) is 7.53. The van der Waals surface area contributed by atoms with E-state index in [1.54, 1.807) is 0 Å². The van der Waals surface area contributed by atoms with Crippen molar-refractivity contribution in [2.75, 3.05) is 19.6 Å². The zero-order valence-corrected chi connectivity index (χ0v) is 12.0. The summed E-state index contributed by atoms with van der Waals surface area (Å²) in [6.45, 7) is 6.40. The molecular weight excluding hydrogens is 256 g/mol. The number of fused-ring (bicyclic) bond motifs is 1. The van der Waals surface area contributed by atoms with E-state index < -0.39 is 5.97 Å². The van der Waals surface area contributed by atoms with E-state index in [0.29, 0.717) is 18.8 Å². The standard InChI is InChI=1S/C14H22N4O2/c1-2-17-5-3-10(9-17)7-12-15-16-13-8-11(14(19)20)4-6-18(12)13/h10-11H,2-9H2,1H3,(H,19,20). The molecule has 0 radical (unpaired) electrons. The Morgan fingerprint density at radius 2 is 2.20 bits per heavy atom. The van der Waals surface area contributed by atoms with Gasteiger partial charge >= 0.3 is 5.97 Å². The predicted molar refractivity (Wildman–Crippen MR) is 73.4 cm³/mol. The molecule has 20 heavy (non-hydrogen) atoms. The summed E-state index contributed by atoms with van der Waals surface area (Å²) in [6.07, 6.45) is 3.42. The molecule has 0 aromatic carbocycles. The van der Waals surface area contributed by atoms with Crippen LogP contribution in [0.2, 0.25) is 0 Å². The van der Waals surface area contributed by atoms with Crippen LogP contribution in [0, 0.1) is 11.8 Å². The molecule has 0 bridgehead atoms.